The number of carbonyl (C=O) groups excluding carboxylic acids is 3. The minimum Gasteiger partial charge on any atom is -0.508 e. The fourth-order valence-corrected chi connectivity index (χ4v) is 3.78. The number of hydrogen-bond acceptors (Lipinski definition) is 5. The van der Waals surface area contributed by atoms with E-state index in [1.807, 2.05) is 37.3 Å². The molecule has 0 bridgehead atoms. The Kier molecular flexibility index (Phi) is 7.81. The highest BCUT2D eigenvalue weighted by molar-refractivity contribution is 5.91. The Labute approximate surface area is 200 Å². The zero-order valence-electron chi connectivity index (χ0n) is 20.1. The van der Waals surface area contributed by atoms with Gasteiger partial charge < -0.3 is 25.4 Å². The molecule has 3 unspecified atom stereocenters. The number of benzene rings is 2. The van der Waals surface area contributed by atoms with Gasteiger partial charge in [0.25, 0.3) is 0 Å². The maximum atomic E-state index is 13.5. The van der Waals surface area contributed by atoms with Crippen molar-refractivity contribution in [3.05, 3.63) is 65.7 Å². The van der Waals surface area contributed by atoms with Crippen LogP contribution in [-0.2, 0) is 20.9 Å². The number of ether oxygens (including phenoxy) is 1. The molecular weight excluding hydrogens is 434 g/mol. The molecule has 1 fully saturated rings. The van der Waals surface area contributed by atoms with Crippen LogP contribution >= 0.6 is 0 Å². The molecule has 0 spiro atoms. The lowest BCUT2D eigenvalue weighted by atomic mass is 10.0. The van der Waals surface area contributed by atoms with E-state index >= 15 is 0 Å². The molecule has 3 N–H and O–H groups in total. The van der Waals surface area contributed by atoms with Crippen molar-refractivity contribution in [2.24, 2.45) is 5.92 Å². The number of nitrogens with one attached hydrogen (secondary N) is 2. The van der Waals surface area contributed by atoms with E-state index in [1.54, 1.807) is 39.0 Å². The largest absolute Gasteiger partial charge is 0.508 e. The van der Waals surface area contributed by atoms with E-state index in [1.165, 1.54) is 11.0 Å². The smallest absolute Gasteiger partial charge is 0.408 e. The van der Waals surface area contributed by atoms with E-state index in [0.29, 0.717) is 5.56 Å². The highest BCUT2D eigenvalue weighted by Crippen LogP contribution is 2.41. The molecule has 2 aromatic rings. The Morgan fingerprint density at radius 3 is 2.26 bits per heavy atom. The predicted octanol–water partition coefficient (Wildman–Crippen LogP) is 3.51. The quantitative estimate of drug-likeness (QED) is 0.551. The third kappa shape index (κ3) is 6.73. The van der Waals surface area contributed by atoms with Gasteiger partial charge in [0.2, 0.25) is 11.8 Å². The average Bonchev–Trinajstić information content (AvgIpc) is 3.50. The summed E-state index contributed by atoms with van der Waals surface area (Å²) in [6.45, 7) is 7.15. The zero-order chi connectivity index (χ0) is 24.9. The van der Waals surface area contributed by atoms with Gasteiger partial charge in [0.1, 0.15) is 23.9 Å². The molecule has 8 heteroatoms. The molecule has 0 heterocycles. The Morgan fingerprint density at radius 2 is 1.68 bits per heavy atom. The molecular formula is C26H33N3O5. The van der Waals surface area contributed by atoms with Crippen molar-refractivity contribution in [2.75, 3.05) is 6.54 Å². The number of aromatic hydroxyl groups is 1. The van der Waals surface area contributed by atoms with E-state index < -0.39 is 29.6 Å². The first-order valence-corrected chi connectivity index (χ1v) is 11.4. The Morgan fingerprint density at radius 1 is 1.06 bits per heavy atom. The van der Waals surface area contributed by atoms with Gasteiger partial charge in [0.15, 0.2) is 0 Å². The Balaban J connectivity index is 1.84. The SMILES string of the molecule is CC1CC1N(C(=O)CNC(=O)OC(C)(C)C)C(C(=O)NCc1ccccc1)c1ccccc1O. The number of alkyl carbamates (subject to hydrolysis) is 1. The number of phenolic OH excluding ortho intramolecular Hbond substituents is 1. The monoisotopic (exact) mass is 467 g/mol. The summed E-state index contributed by atoms with van der Waals surface area (Å²) in [7, 11) is 0. The molecule has 34 heavy (non-hydrogen) atoms. The fraction of sp³-hybridized carbons (Fsp3) is 0.423. The van der Waals surface area contributed by atoms with Crippen LogP contribution in [0.15, 0.2) is 54.6 Å². The average molecular weight is 468 g/mol. The number of hydrogen-bond donors (Lipinski definition) is 3. The molecule has 0 saturated heterocycles. The number of carbonyl (C=O) groups is 3. The molecule has 0 aromatic heterocycles. The fourth-order valence-electron chi connectivity index (χ4n) is 3.78. The molecule has 0 radical (unpaired) electrons. The minimum atomic E-state index is -1.05. The second-order valence-corrected chi connectivity index (χ2v) is 9.60. The predicted molar refractivity (Wildman–Crippen MR) is 128 cm³/mol. The summed E-state index contributed by atoms with van der Waals surface area (Å²) in [5, 5.41) is 15.9. The normalized spacial score (nSPS) is 17.9. The summed E-state index contributed by atoms with van der Waals surface area (Å²) < 4.78 is 5.22. The van der Waals surface area contributed by atoms with E-state index in [0.717, 1.165) is 12.0 Å². The first-order chi connectivity index (χ1) is 16.1. The second kappa shape index (κ2) is 10.6. The van der Waals surface area contributed by atoms with Crippen molar-refractivity contribution in [3.8, 4) is 5.75 Å². The van der Waals surface area contributed by atoms with Crippen LogP contribution in [0.2, 0.25) is 0 Å². The van der Waals surface area contributed by atoms with Gasteiger partial charge in [0, 0.05) is 18.2 Å². The summed E-state index contributed by atoms with van der Waals surface area (Å²) in [6.07, 6.45) is 0.0195. The molecule has 3 amide bonds. The summed E-state index contributed by atoms with van der Waals surface area (Å²) >= 11 is 0. The van der Waals surface area contributed by atoms with Crippen molar-refractivity contribution in [1.29, 1.82) is 0 Å². The third-order valence-electron chi connectivity index (χ3n) is 5.56. The molecule has 3 atom stereocenters. The van der Waals surface area contributed by atoms with Crippen LogP contribution in [0, 0.1) is 5.92 Å². The summed E-state index contributed by atoms with van der Waals surface area (Å²) in [4.78, 5) is 40.4. The lowest BCUT2D eigenvalue weighted by Crippen LogP contribution is -2.49. The lowest BCUT2D eigenvalue weighted by molar-refractivity contribution is -0.141. The second-order valence-electron chi connectivity index (χ2n) is 9.60. The van der Waals surface area contributed by atoms with Gasteiger partial charge >= 0.3 is 6.09 Å². The zero-order valence-corrected chi connectivity index (χ0v) is 20.1. The Bertz CT molecular complexity index is 1020. The molecule has 3 rings (SSSR count). The van der Waals surface area contributed by atoms with Gasteiger partial charge in [-0.1, -0.05) is 55.5 Å². The maximum Gasteiger partial charge on any atom is 0.408 e. The third-order valence-corrected chi connectivity index (χ3v) is 5.56. The van der Waals surface area contributed by atoms with Crippen molar-refractivity contribution in [2.45, 2.75) is 58.3 Å². The Hall–Kier alpha value is -3.55. The van der Waals surface area contributed by atoms with Gasteiger partial charge in [-0.05, 0) is 44.7 Å². The molecule has 1 aliphatic rings. The highest BCUT2D eigenvalue weighted by atomic mass is 16.6. The first-order valence-electron chi connectivity index (χ1n) is 11.4. The van der Waals surface area contributed by atoms with E-state index in [4.69, 9.17) is 4.74 Å². The summed E-state index contributed by atoms with van der Waals surface area (Å²) in [5.74, 6) is -0.715. The van der Waals surface area contributed by atoms with Crippen molar-refractivity contribution in [3.63, 3.8) is 0 Å². The number of para-hydroxylation sites is 1. The number of rotatable bonds is 8. The van der Waals surface area contributed by atoms with Gasteiger partial charge in [0.05, 0.1) is 0 Å². The lowest BCUT2D eigenvalue weighted by Gasteiger charge is -2.32. The van der Waals surface area contributed by atoms with Crippen molar-refractivity contribution >= 4 is 17.9 Å². The molecule has 8 nitrogen and oxygen atoms in total. The van der Waals surface area contributed by atoms with Crippen LogP contribution in [0.1, 0.15) is 51.3 Å². The molecule has 0 aliphatic heterocycles. The summed E-state index contributed by atoms with van der Waals surface area (Å²) in [6, 6.07) is 14.7. The molecule has 2 aromatic carbocycles. The van der Waals surface area contributed by atoms with Crippen molar-refractivity contribution < 1.29 is 24.2 Å². The van der Waals surface area contributed by atoms with Gasteiger partial charge in [-0.3, -0.25) is 9.59 Å². The maximum absolute atomic E-state index is 13.5. The van der Waals surface area contributed by atoms with E-state index in [2.05, 4.69) is 10.6 Å². The van der Waals surface area contributed by atoms with E-state index in [-0.39, 0.29) is 30.8 Å². The van der Waals surface area contributed by atoms with E-state index in [9.17, 15) is 19.5 Å². The van der Waals surface area contributed by atoms with Gasteiger partial charge in [-0.2, -0.15) is 0 Å². The minimum absolute atomic E-state index is 0.0754. The van der Waals surface area contributed by atoms with Gasteiger partial charge in [-0.15, -0.1) is 0 Å². The summed E-state index contributed by atoms with van der Waals surface area (Å²) in [5.41, 5.74) is 0.543. The molecule has 182 valence electrons. The highest BCUT2D eigenvalue weighted by Gasteiger charge is 2.46. The van der Waals surface area contributed by atoms with Crippen LogP contribution in [0.25, 0.3) is 0 Å². The standard InChI is InChI=1S/C26H33N3O5/c1-17-14-20(17)29(22(31)16-28-25(33)34-26(2,3)4)23(19-12-8-9-13-21(19)30)24(32)27-15-18-10-6-5-7-11-18/h5-13,17,20,23,30H,14-16H2,1-4H3,(H,27,32)(H,28,33). The van der Waals surface area contributed by atoms with Crippen LogP contribution in [-0.4, -0.2) is 46.1 Å². The van der Waals surface area contributed by atoms with Crippen molar-refractivity contribution in [1.82, 2.24) is 15.5 Å². The number of nitrogens with zero attached hydrogens (tertiary/aromatic N) is 1. The number of amides is 3. The van der Waals surface area contributed by atoms with Crippen LogP contribution < -0.4 is 10.6 Å². The van der Waals surface area contributed by atoms with Gasteiger partial charge in [-0.25, -0.2) is 4.79 Å². The topological polar surface area (TPSA) is 108 Å². The van der Waals surface area contributed by atoms with Crippen LogP contribution in [0.4, 0.5) is 4.79 Å². The molecule has 1 saturated carbocycles. The first kappa shape index (κ1) is 25.1. The van der Waals surface area contributed by atoms with Crippen LogP contribution in [0.5, 0.6) is 5.75 Å². The molecule has 1 aliphatic carbocycles. The van der Waals surface area contributed by atoms with Crippen LogP contribution in [0.3, 0.4) is 0 Å². The number of phenols is 1.